The van der Waals surface area contributed by atoms with E-state index in [-0.39, 0.29) is 0 Å². The molecule has 6 aromatic carbocycles. The minimum absolute atomic E-state index is 0.942. The molecule has 5 aromatic heterocycles. The number of pyridine rings is 2. The van der Waals surface area contributed by atoms with Crippen molar-refractivity contribution in [2.45, 2.75) is 0 Å². The number of fused-ring (bicyclic) bond motifs is 4. The van der Waals surface area contributed by atoms with Gasteiger partial charge < -0.3 is 4.98 Å². The molecule has 0 saturated heterocycles. The van der Waals surface area contributed by atoms with Crippen LogP contribution in [0.15, 0.2) is 194 Å². The normalized spacial score (nSPS) is 11.5. The average molecular weight is 768 g/mol. The number of benzene rings is 6. The SMILES string of the molecule is c1cnc2ccc(N(c3ccc(-c4cc5ccccc5s4)cc3)c3ccc(N(c4ccc(-c5cc6ccccc6s5)cc4)c4ccc5ncccc5c4)[nH]3)cc2c1. The Morgan fingerprint density at radius 3 is 1.25 bits per heavy atom. The zero-order chi connectivity index (χ0) is 37.7. The second-order valence-electron chi connectivity index (χ2n) is 14.1. The van der Waals surface area contributed by atoms with Gasteiger partial charge in [-0.3, -0.25) is 19.8 Å². The van der Waals surface area contributed by atoms with Crippen molar-refractivity contribution < 1.29 is 0 Å². The van der Waals surface area contributed by atoms with Crippen molar-refractivity contribution in [3.05, 3.63) is 194 Å². The maximum Gasteiger partial charge on any atom is 0.116 e. The summed E-state index contributed by atoms with van der Waals surface area (Å²) in [5, 5.41) is 4.71. The lowest BCUT2D eigenvalue weighted by molar-refractivity contribution is 1.17. The van der Waals surface area contributed by atoms with Gasteiger partial charge in [0.25, 0.3) is 0 Å². The minimum Gasteiger partial charge on any atom is -0.327 e. The first-order chi connectivity index (χ1) is 28.2. The largest absolute Gasteiger partial charge is 0.327 e. The molecule has 0 bridgehead atoms. The number of hydrogen-bond acceptors (Lipinski definition) is 6. The van der Waals surface area contributed by atoms with Crippen molar-refractivity contribution >= 4 is 99.0 Å². The van der Waals surface area contributed by atoms with Crippen LogP contribution >= 0.6 is 22.7 Å². The van der Waals surface area contributed by atoms with Gasteiger partial charge in [0.2, 0.25) is 0 Å². The van der Waals surface area contributed by atoms with Gasteiger partial charge in [-0.25, -0.2) is 0 Å². The number of nitrogens with zero attached hydrogens (tertiary/aromatic N) is 4. The number of thiophene rings is 2. The third-order valence-electron chi connectivity index (χ3n) is 10.5. The maximum absolute atomic E-state index is 4.61. The topological polar surface area (TPSA) is 48.1 Å². The Morgan fingerprint density at radius 1 is 0.368 bits per heavy atom. The quantitative estimate of drug-likeness (QED) is 0.167. The van der Waals surface area contributed by atoms with E-state index in [0.29, 0.717) is 0 Å². The Balaban J connectivity index is 1.01. The molecule has 57 heavy (non-hydrogen) atoms. The zero-order valence-electron chi connectivity index (χ0n) is 30.6. The second-order valence-corrected chi connectivity index (χ2v) is 16.2. The third-order valence-corrected chi connectivity index (χ3v) is 12.8. The highest BCUT2D eigenvalue weighted by atomic mass is 32.1. The van der Waals surface area contributed by atoms with Crippen LogP contribution in [-0.4, -0.2) is 15.0 Å². The lowest BCUT2D eigenvalue weighted by Crippen LogP contribution is -2.13. The standard InChI is InChI=1S/C50H33N5S2/c1-3-11-45-37(7-1)31-47(56-45)33-13-17-39(18-14-33)54(41-21-23-43-35(29-41)9-5-27-51-43)49-25-26-50(53-49)55(42-22-24-44-36(30-42)10-6-28-52-44)40-19-15-34(16-20-40)48-32-38-8-2-4-12-46(38)57-48/h1-32,53H. The molecule has 5 heterocycles. The highest BCUT2D eigenvalue weighted by molar-refractivity contribution is 7.22. The van der Waals surface area contributed by atoms with Gasteiger partial charge in [-0.05, 0) is 131 Å². The lowest BCUT2D eigenvalue weighted by Gasteiger charge is -2.26. The molecule has 0 fully saturated rings. The van der Waals surface area contributed by atoms with Crippen molar-refractivity contribution in [1.82, 2.24) is 15.0 Å². The number of H-pyrrole nitrogens is 1. The van der Waals surface area contributed by atoms with Crippen molar-refractivity contribution in [3.8, 4) is 20.9 Å². The van der Waals surface area contributed by atoms with Crippen LogP contribution in [-0.2, 0) is 0 Å². The van der Waals surface area contributed by atoms with E-state index < -0.39 is 0 Å². The number of nitrogens with one attached hydrogen (secondary N) is 1. The van der Waals surface area contributed by atoms with E-state index in [2.05, 4.69) is 195 Å². The highest BCUT2D eigenvalue weighted by Gasteiger charge is 2.20. The lowest BCUT2D eigenvalue weighted by atomic mass is 10.1. The van der Waals surface area contributed by atoms with Crippen LogP contribution in [0.25, 0.3) is 62.9 Å². The Bertz CT molecular complexity index is 2930. The molecule has 0 saturated carbocycles. The first-order valence-corrected chi connectivity index (χ1v) is 20.5. The summed E-state index contributed by atoms with van der Waals surface area (Å²) in [4.78, 5) is 20.2. The van der Waals surface area contributed by atoms with E-state index in [4.69, 9.17) is 0 Å². The van der Waals surface area contributed by atoms with Crippen LogP contribution in [0.5, 0.6) is 0 Å². The molecule has 0 aliphatic heterocycles. The molecule has 0 atom stereocenters. The molecule has 0 radical (unpaired) electrons. The number of rotatable bonds is 8. The van der Waals surface area contributed by atoms with Gasteiger partial charge in [0.05, 0.1) is 11.0 Å². The Kier molecular flexibility index (Phi) is 8.12. The average Bonchev–Trinajstić information content (AvgIpc) is 4.04. The fourth-order valence-corrected chi connectivity index (χ4v) is 9.83. The predicted octanol–water partition coefficient (Wildman–Crippen LogP) is 14.8. The summed E-state index contributed by atoms with van der Waals surface area (Å²) >= 11 is 3.65. The van der Waals surface area contributed by atoms with Crippen LogP contribution in [0.1, 0.15) is 0 Å². The summed E-state index contributed by atoms with van der Waals surface area (Å²) in [5.41, 5.74) is 8.50. The second kappa shape index (κ2) is 13.9. The fourth-order valence-electron chi connectivity index (χ4n) is 7.69. The molecular formula is C50H33N5S2. The molecule has 11 rings (SSSR count). The van der Waals surface area contributed by atoms with Crippen LogP contribution in [0.3, 0.4) is 0 Å². The van der Waals surface area contributed by atoms with Crippen molar-refractivity contribution in [3.63, 3.8) is 0 Å². The summed E-state index contributed by atoms with van der Waals surface area (Å²) in [6.45, 7) is 0. The first-order valence-electron chi connectivity index (χ1n) is 18.9. The molecule has 7 heteroatoms. The van der Waals surface area contributed by atoms with Crippen LogP contribution < -0.4 is 9.80 Å². The molecule has 0 aliphatic carbocycles. The number of aromatic amines is 1. The smallest absolute Gasteiger partial charge is 0.116 e. The summed E-state index contributed by atoms with van der Waals surface area (Å²) in [6.07, 6.45) is 3.69. The number of anilines is 6. The molecule has 0 amide bonds. The van der Waals surface area contributed by atoms with E-state index in [0.717, 1.165) is 56.2 Å². The summed E-state index contributed by atoms with van der Waals surface area (Å²) in [6, 6.07) is 65.0. The van der Waals surface area contributed by atoms with Gasteiger partial charge in [-0.15, -0.1) is 22.7 Å². The molecule has 0 aliphatic rings. The van der Waals surface area contributed by atoms with Gasteiger partial charge >= 0.3 is 0 Å². The van der Waals surface area contributed by atoms with Crippen molar-refractivity contribution in [2.75, 3.05) is 9.80 Å². The predicted molar refractivity (Wildman–Crippen MR) is 242 cm³/mol. The van der Waals surface area contributed by atoms with Gasteiger partial charge in [0, 0.05) is 65.1 Å². The van der Waals surface area contributed by atoms with Gasteiger partial charge in [0.1, 0.15) is 11.6 Å². The minimum atomic E-state index is 0.942. The fraction of sp³-hybridized carbons (Fsp3) is 0. The van der Waals surface area contributed by atoms with E-state index in [1.807, 2.05) is 47.2 Å². The Labute approximate surface area is 337 Å². The molecular weight excluding hydrogens is 735 g/mol. The van der Waals surface area contributed by atoms with Gasteiger partial charge in [-0.2, -0.15) is 0 Å². The molecule has 270 valence electrons. The van der Waals surface area contributed by atoms with Crippen LogP contribution in [0, 0.1) is 0 Å². The van der Waals surface area contributed by atoms with Crippen LogP contribution in [0.4, 0.5) is 34.4 Å². The summed E-state index contributed by atoms with van der Waals surface area (Å²) < 4.78 is 2.59. The third kappa shape index (κ3) is 6.19. The Morgan fingerprint density at radius 2 is 0.789 bits per heavy atom. The molecule has 0 unspecified atom stereocenters. The Hall–Kier alpha value is -7.06. The summed E-state index contributed by atoms with van der Waals surface area (Å²) in [5.74, 6) is 1.88. The van der Waals surface area contributed by atoms with Crippen molar-refractivity contribution in [1.29, 1.82) is 0 Å². The van der Waals surface area contributed by atoms with Gasteiger partial charge in [0.15, 0.2) is 0 Å². The first kappa shape index (κ1) is 33.3. The molecule has 5 nitrogen and oxygen atoms in total. The number of aromatic nitrogens is 3. The molecule has 11 aromatic rings. The van der Waals surface area contributed by atoms with Crippen LogP contribution in [0.2, 0.25) is 0 Å². The maximum atomic E-state index is 4.61. The number of hydrogen-bond donors (Lipinski definition) is 1. The van der Waals surface area contributed by atoms with Gasteiger partial charge in [-0.1, -0.05) is 72.8 Å². The molecule has 1 N–H and O–H groups in total. The van der Waals surface area contributed by atoms with E-state index >= 15 is 0 Å². The monoisotopic (exact) mass is 767 g/mol. The summed E-state index contributed by atoms with van der Waals surface area (Å²) in [7, 11) is 0. The zero-order valence-corrected chi connectivity index (χ0v) is 32.2. The van der Waals surface area contributed by atoms with Crippen molar-refractivity contribution in [2.24, 2.45) is 0 Å². The van der Waals surface area contributed by atoms with E-state index in [1.54, 1.807) is 0 Å². The van der Waals surface area contributed by atoms with E-state index in [9.17, 15) is 0 Å². The highest BCUT2D eigenvalue weighted by Crippen LogP contribution is 2.43. The molecule has 0 spiro atoms. The van der Waals surface area contributed by atoms with E-state index in [1.165, 1.54) is 41.1 Å².